The molecular formula is C13H17N5OS. The molecule has 0 saturated heterocycles. The van der Waals surface area contributed by atoms with E-state index in [9.17, 15) is 4.79 Å². The first kappa shape index (κ1) is 14.4. The van der Waals surface area contributed by atoms with Crippen LogP contribution in [-0.4, -0.2) is 27.8 Å². The first-order chi connectivity index (χ1) is 9.52. The van der Waals surface area contributed by atoms with Crippen molar-refractivity contribution < 1.29 is 4.79 Å². The Morgan fingerprint density at radius 1 is 1.45 bits per heavy atom. The van der Waals surface area contributed by atoms with E-state index in [1.54, 1.807) is 41.1 Å². The molecule has 2 heterocycles. The number of hydrogen-bond acceptors (Lipinski definition) is 6. The van der Waals surface area contributed by atoms with Crippen LogP contribution in [0.5, 0.6) is 0 Å². The molecule has 7 heteroatoms. The van der Waals surface area contributed by atoms with Crippen molar-refractivity contribution in [1.29, 1.82) is 0 Å². The van der Waals surface area contributed by atoms with Crippen LogP contribution in [0.1, 0.15) is 26.6 Å². The van der Waals surface area contributed by atoms with Gasteiger partial charge < -0.3 is 10.3 Å². The van der Waals surface area contributed by atoms with E-state index >= 15 is 0 Å². The maximum Gasteiger partial charge on any atom is 0.257 e. The van der Waals surface area contributed by atoms with Gasteiger partial charge in [0.25, 0.3) is 5.91 Å². The minimum absolute atomic E-state index is 0.127. The number of nitrogens with zero attached hydrogens (tertiary/aromatic N) is 3. The Morgan fingerprint density at radius 2 is 2.20 bits per heavy atom. The third-order valence-electron chi connectivity index (χ3n) is 3.00. The quantitative estimate of drug-likeness (QED) is 0.662. The summed E-state index contributed by atoms with van der Waals surface area (Å²) in [4.78, 5) is 23.5. The second-order valence-corrected chi connectivity index (χ2v) is 5.48. The highest BCUT2D eigenvalue weighted by atomic mass is 32.1. The summed E-state index contributed by atoms with van der Waals surface area (Å²) in [6.45, 7) is 4.30. The second-order valence-electron chi connectivity index (χ2n) is 4.54. The van der Waals surface area contributed by atoms with Gasteiger partial charge in [0.1, 0.15) is 0 Å². The van der Waals surface area contributed by atoms with Crippen LogP contribution in [0.4, 0.5) is 5.69 Å². The average Bonchev–Trinajstić information content (AvgIpc) is 2.83. The fourth-order valence-electron chi connectivity index (χ4n) is 1.82. The summed E-state index contributed by atoms with van der Waals surface area (Å²) < 4.78 is 0. The predicted octanol–water partition coefficient (Wildman–Crippen LogP) is 1.71. The van der Waals surface area contributed by atoms with Crippen LogP contribution in [0.15, 0.2) is 17.8 Å². The van der Waals surface area contributed by atoms with E-state index in [4.69, 9.17) is 5.84 Å². The van der Waals surface area contributed by atoms with Crippen molar-refractivity contribution in [2.24, 2.45) is 5.84 Å². The predicted molar refractivity (Wildman–Crippen MR) is 79.4 cm³/mol. The summed E-state index contributed by atoms with van der Waals surface area (Å²) in [5.74, 6) is 5.33. The van der Waals surface area contributed by atoms with E-state index in [0.717, 1.165) is 16.3 Å². The molecule has 3 N–H and O–H groups in total. The Balaban J connectivity index is 2.20. The fraction of sp³-hybridized carbons (Fsp3) is 0.308. The first-order valence-corrected chi connectivity index (χ1v) is 6.98. The number of thiazole rings is 1. The molecule has 0 aromatic carbocycles. The highest BCUT2D eigenvalue weighted by Gasteiger charge is 2.17. The number of carbonyl (C=O) groups excluding carboxylic acids is 1. The lowest BCUT2D eigenvalue weighted by atomic mass is 10.2. The zero-order valence-electron chi connectivity index (χ0n) is 11.7. The number of carbonyl (C=O) groups is 1. The molecule has 1 amide bonds. The number of nitrogens with one attached hydrogen (secondary N) is 1. The number of nitrogens with two attached hydrogens (primary N) is 1. The summed E-state index contributed by atoms with van der Waals surface area (Å²) in [7, 11) is 1.75. The Labute approximate surface area is 121 Å². The Hall–Kier alpha value is -1.99. The Kier molecular flexibility index (Phi) is 4.31. The molecule has 0 atom stereocenters. The maximum absolute atomic E-state index is 12.4. The van der Waals surface area contributed by atoms with Crippen LogP contribution in [0.3, 0.4) is 0 Å². The standard InChI is InChI=1S/C13H17N5OS/c1-8-4-11(17-14)10(5-15-8)13(19)18(3)6-12-9(2)16-7-20-12/h4-5,7H,6,14H2,1-3H3,(H,15,17). The highest BCUT2D eigenvalue weighted by Crippen LogP contribution is 2.19. The zero-order chi connectivity index (χ0) is 14.7. The van der Waals surface area contributed by atoms with E-state index in [0.29, 0.717) is 17.8 Å². The number of anilines is 1. The molecule has 0 radical (unpaired) electrons. The fourth-order valence-corrected chi connectivity index (χ4v) is 2.65. The summed E-state index contributed by atoms with van der Waals surface area (Å²) in [6, 6.07) is 1.75. The minimum atomic E-state index is -0.127. The minimum Gasteiger partial charge on any atom is -0.336 e. The SMILES string of the molecule is Cc1cc(NN)c(C(=O)N(C)Cc2scnc2C)cn1. The second kappa shape index (κ2) is 5.98. The maximum atomic E-state index is 12.4. The molecule has 2 aromatic heterocycles. The van der Waals surface area contributed by atoms with Gasteiger partial charge in [0, 0.05) is 23.8 Å². The van der Waals surface area contributed by atoms with Crippen molar-refractivity contribution in [2.75, 3.05) is 12.5 Å². The molecule has 0 saturated carbocycles. The lowest BCUT2D eigenvalue weighted by Crippen LogP contribution is -2.27. The van der Waals surface area contributed by atoms with Gasteiger partial charge in [-0.1, -0.05) is 0 Å². The summed E-state index contributed by atoms with van der Waals surface area (Å²) in [5, 5.41) is 0. The molecule has 106 valence electrons. The normalized spacial score (nSPS) is 10.4. The van der Waals surface area contributed by atoms with Crippen LogP contribution >= 0.6 is 11.3 Å². The molecule has 2 aromatic rings. The molecule has 0 spiro atoms. The molecule has 0 unspecified atom stereocenters. The zero-order valence-corrected chi connectivity index (χ0v) is 12.5. The van der Waals surface area contributed by atoms with Gasteiger partial charge in [-0.25, -0.2) is 4.98 Å². The first-order valence-electron chi connectivity index (χ1n) is 6.10. The molecule has 0 aliphatic rings. The topological polar surface area (TPSA) is 84.1 Å². The number of hydrazine groups is 1. The number of rotatable bonds is 4. The Morgan fingerprint density at radius 3 is 2.80 bits per heavy atom. The smallest absolute Gasteiger partial charge is 0.257 e. The van der Waals surface area contributed by atoms with Crippen LogP contribution in [-0.2, 0) is 6.54 Å². The van der Waals surface area contributed by atoms with Crippen molar-refractivity contribution in [1.82, 2.24) is 14.9 Å². The van der Waals surface area contributed by atoms with E-state index in [2.05, 4.69) is 15.4 Å². The van der Waals surface area contributed by atoms with Gasteiger partial charge >= 0.3 is 0 Å². The van der Waals surface area contributed by atoms with Crippen molar-refractivity contribution in [3.05, 3.63) is 39.6 Å². The van der Waals surface area contributed by atoms with Crippen molar-refractivity contribution >= 4 is 22.9 Å². The number of hydrogen-bond donors (Lipinski definition) is 2. The van der Waals surface area contributed by atoms with Gasteiger partial charge in [-0.2, -0.15) is 0 Å². The van der Waals surface area contributed by atoms with Crippen molar-refractivity contribution in [3.63, 3.8) is 0 Å². The van der Waals surface area contributed by atoms with Crippen LogP contribution < -0.4 is 11.3 Å². The molecule has 6 nitrogen and oxygen atoms in total. The molecule has 2 rings (SSSR count). The number of aromatic nitrogens is 2. The van der Waals surface area contributed by atoms with Gasteiger partial charge in [-0.3, -0.25) is 15.6 Å². The lowest BCUT2D eigenvalue weighted by Gasteiger charge is -2.18. The van der Waals surface area contributed by atoms with E-state index < -0.39 is 0 Å². The van der Waals surface area contributed by atoms with Gasteiger partial charge in [-0.05, 0) is 19.9 Å². The third kappa shape index (κ3) is 2.94. The molecule has 0 bridgehead atoms. The number of aryl methyl sites for hydroxylation is 2. The summed E-state index contributed by atoms with van der Waals surface area (Å²) in [6.07, 6.45) is 1.54. The third-order valence-corrected chi connectivity index (χ3v) is 3.92. The summed E-state index contributed by atoms with van der Waals surface area (Å²) in [5.41, 5.74) is 7.12. The molecule has 0 fully saturated rings. The lowest BCUT2D eigenvalue weighted by molar-refractivity contribution is 0.0786. The molecule has 20 heavy (non-hydrogen) atoms. The van der Waals surface area contributed by atoms with Gasteiger partial charge in [0.2, 0.25) is 0 Å². The van der Waals surface area contributed by atoms with E-state index in [1.165, 1.54) is 0 Å². The Bertz CT molecular complexity index is 625. The molecule has 0 aliphatic heterocycles. The van der Waals surface area contributed by atoms with Gasteiger partial charge in [0.15, 0.2) is 0 Å². The number of nitrogen functional groups attached to an aromatic ring is 1. The molecular weight excluding hydrogens is 274 g/mol. The number of amides is 1. The van der Waals surface area contributed by atoms with Crippen molar-refractivity contribution in [2.45, 2.75) is 20.4 Å². The van der Waals surface area contributed by atoms with Gasteiger partial charge in [0.05, 0.1) is 29.0 Å². The van der Waals surface area contributed by atoms with Gasteiger partial charge in [-0.15, -0.1) is 11.3 Å². The van der Waals surface area contributed by atoms with Crippen LogP contribution in [0.2, 0.25) is 0 Å². The van der Waals surface area contributed by atoms with Crippen LogP contribution in [0.25, 0.3) is 0 Å². The molecule has 0 aliphatic carbocycles. The summed E-state index contributed by atoms with van der Waals surface area (Å²) >= 11 is 1.54. The average molecular weight is 291 g/mol. The monoisotopic (exact) mass is 291 g/mol. The van der Waals surface area contributed by atoms with Crippen molar-refractivity contribution in [3.8, 4) is 0 Å². The van der Waals surface area contributed by atoms with E-state index in [-0.39, 0.29) is 5.91 Å². The largest absolute Gasteiger partial charge is 0.336 e. The number of pyridine rings is 1. The highest BCUT2D eigenvalue weighted by molar-refractivity contribution is 7.09. The van der Waals surface area contributed by atoms with Crippen LogP contribution in [0, 0.1) is 13.8 Å². The van der Waals surface area contributed by atoms with E-state index in [1.807, 2.05) is 13.8 Å².